The molecule has 0 bridgehead atoms. The zero-order chi connectivity index (χ0) is 15.2. The van der Waals surface area contributed by atoms with Gasteiger partial charge in [-0.1, -0.05) is 19.1 Å². The third-order valence-electron chi connectivity index (χ3n) is 3.94. The number of rotatable bonds is 6. The van der Waals surface area contributed by atoms with Crippen LogP contribution in [-0.2, 0) is 4.74 Å². The highest BCUT2D eigenvalue weighted by Crippen LogP contribution is 2.17. The Bertz CT molecular complexity index is 454. The number of carbonyl (C=O) groups excluding carboxylic acids is 1. The van der Waals surface area contributed by atoms with Gasteiger partial charge < -0.3 is 15.4 Å². The van der Waals surface area contributed by atoms with Crippen molar-refractivity contribution in [3.63, 3.8) is 0 Å². The molecule has 2 heterocycles. The summed E-state index contributed by atoms with van der Waals surface area (Å²) in [4.78, 5) is 12.1. The van der Waals surface area contributed by atoms with E-state index in [1.165, 1.54) is 0 Å². The first-order valence-corrected chi connectivity index (χ1v) is 7.55. The number of hydrogen-bond donors (Lipinski definition) is 2. The Morgan fingerprint density at radius 2 is 2.24 bits per heavy atom. The van der Waals surface area contributed by atoms with Crippen molar-refractivity contribution in [3.05, 3.63) is 11.9 Å². The van der Waals surface area contributed by atoms with Gasteiger partial charge in [0.1, 0.15) is 0 Å². The van der Waals surface area contributed by atoms with E-state index in [-0.39, 0.29) is 12.0 Å². The molecule has 0 saturated carbocycles. The van der Waals surface area contributed by atoms with Gasteiger partial charge in [0.25, 0.3) is 5.91 Å². The Morgan fingerprint density at radius 3 is 2.86 bits per heavy atom. The van der Waals surface area contributed by atoms with Crippen LogP contribution in [0.3, 0.4) is 0 Å². The van der Waals surface area contributed by atoms with Crippen molar-refractivity contribution in [2.24, 2.45) is 5.92 Å². The number of amides is 1. The topological polar surface area (TPSA) is 81.1 Å². The molecule has 1 atom stereocenters. The summed E-state index contributed by atoms with van der Waals surface area (Å²) in [6, 6.07) is 0.336. The Kier molecular flexibility index (Phi) is 5.69. The van der Waals surface area contributed by atoms with Crippen LogP contribution in [0.25, 0.3) is 0 Å². The number of nitrogens with one attached hydrogen (secondary N) is 2. The summed E-state index contributed by atoms with van der Waals surface area (Å²) < 4.78 is 7.15. The van der Waals surface area contributed by atoms with E-state index in [4.69, 9.17) is 4.74 Å². The van der Waals surface area contributed by atoms with Gasteiger partial charge in [0.05, 0.1) is 18.3 Å². The predicted molar refractivity (Wildman–Crippen MR) is 79.1 cm³/mol. The van der Waals surface area contributed by atoms with E-state index < -0.39 is 0 Å². The second-order valence-corrected chi connectivity index (χ2v) is 5.79. The minimum Gasteiger partial charge on any atom is -0.379 e. The van der Waals surface area contributed by atoms with Crippen LogP contribution in [0.1, 0.15) is 43.2 Å². The average Bonchev–Trinajstić information content (AvgIpc) is 2.98. The third-order valence-corrected chi connectivity index (χ3v) is 3.94. The van der Waals surface area contributed by atoms with Gasteiger partial charge in [0.15, 0.2) is 5.69 Å². The lowest BCUT2D eigenvalue weighted by molar-refractivity contribution is 0.0603. The SMILES string of the molecule is COC(CNC(=O)c1cn(C2CCNCC2)nn1)C(C)C. The van der Waals surface area contributed by atoms with E-state index in [0.29, 0.717) is 24.2 Å². The first-order chi connectivity index (χ1) is 10.1. The molecular formula is C14H25N5O2. The summed E-state index contributed by atoms with van der Waals surface area (Å²) in [6.45, 7) is 6.57. The molecule has 0 aromatic carbocycles. The number of piperidine rings is 1. The van der Waals surface area contributed by atoms with Gasteiger partial charge >= 0.3 is 0 Å². The molecule has 1 aliphatic rings. The first kappa shape index (κ1) is 15.9. The van der Waals surface area contributed by atoms with Crippen LogP contribution >= 0.6 is 0 Å². The predicted octanol–water partition coefficient (Wildman–Crippen LogP) is 0.603. The number of hydrogen-bond acceptors (Lipinski definition) is 5. The number of aromatic nitrogens is 3. The minimum absolute atomic E-state index is 0.00779. The molecule has 0 radical (unpaired) electrons. The highest BCUT2D eigenvalue weighted by molar-refractivity contribution is 5.91. The van der Waals surface area contributed by atoms with Crippen LogP contribution < -0.4 is 10.6 Å². The quantitative estimate of drug-likeness (QED) is 0.803. The van der Waals surface area contributed by atoms with Gasteiger partial charge in [0.2, 0.25) is 0 Å². The number of nitrogens with zero attached hydrogens (tertiary/aromatic N) is 3. The van der Waals surface area contributed by atoms with Gasteiger partial charge in [-0.25, -0.2) is 4.68 Å². The zero-order valence-electron chi connectivity index (χ0n) is 13.0. The molecule has 2 rings (SSSR count). The van der Waals surface area contributed by atoms with Gasteiger partial charge in [-0.2, -0.15) is 0 Å². The maximum absolute atomic E-state index is 12.1. The molecule has 1 aliphatic heterocycles. The van der Waals surface area contributed by atoms with Crippen molar-refractivity contribution >= 4 is 5.91 Å². The fraction of sp³-hybridized carbons (Fsp3) is 0.786. The van der Waals surface area contributed by atoms with Crippen molar-refractivity contribution in [1.29, 1.82) is 0 Å². The van der Waals surface area contributed by atoms with E-state index >= 15 is 0 Å². The van der Waals surface area contributed by atoms with Crippen LogP contribution in [0.5, 0.6) is 0 Å². The molecule has 7 nitrogen and oxygen atoms in total. The smallest absolute Gasteiger partial charge is 0.273 e. The van der Waals surface area contributed by atoms with Crippen molar-refractivity contribution in [2.45, 2.75) is 38.8 Å². The highest BCUT2D eigenvalue weighted by atomic mass is 16.5. The molecule has 1 aromatic heterocycles. The summed E-state index contributed by atoms with van der Waals surface area (Å²) in [6.07, 6.45) is 3.78. The Morgan fingerprint density at radius 1 is 1.52 bits per heavy atom. The summed E-state index contributed by atoms with van der Waals surface area (Å²) in [7, 11) is 1.66. The molecule has 21 heavy (non-hydrogen) atoms. The maximum atomic E-state index is 12.1. The normalized spacial score (nSPS) is 17.9. The zero-order valence-corrected chi connectivity index (χ0v) is 13.0. The third kappa shape index (κ3) is 4.25. The average molecular weight is 295 g/mol. The van der Waals surface area contributed by atoms with E-state index in [2.05, 4.69) is 34.8 Å². The summed E-state index contributed by atoms with van der Waals surface area (Å²) in [5.74, 6) is 0.151. The highest BCUT2D eigenvalue weighted by Gasteiger charge is 2.20. The van der Waals surface area contributed by atoms with Crippen LogP contribution in [-0.4, -0.2) is 53.7 Å². The van der Waals surface area contributed by atoms with Gasteiger partial charge in [-0.15, -0.1) is 5.10 Å². The van der Waals surface area contributed by atoms with E-state index in [1.54, 1.807) is 13.3 Å². The molecule has 7 heteroatoms. The molecule has 118 valence electrons. The van der Waals surface area contributed by atoms with E-state index in [9.17, 15) is 4.79 Å². The van der Waals surface area contributed by atoms with Crippen molar-refractivity contribution < 1.29 is 9.53 Å². The van der Waals surface area contributed by atoms with Crippen LogP contribution in [0.2, 0.25) is 0 Å². The molecular weight excluding hydrogens is 270 g/mol. The lowest BCUT2D eigenvalue weighted by Gasteiger charge is -2.22. The number of ether oxygens (including phenoxy) is 1. The fourth-order valence-electron chi connectivity index (χ4n) is 2.51. The number of carbonyl (C=O) groups is 1. The van der Waals surface area contributed by atoms with Gasteiger partial charge in [0, 0.05) is 13.7 Å². The minimum atomic E-state index is -0.196. The standard InChI is InChI=1S/C14H25N5O2/c1-10(2)13(21-3)8-16-14(20)12-9-19(18-17-12)11-4-6-15-7-5-11/h9-11,13,15H,4-8H2,1-3H3,(H,16,20). The van der Waals surface area contributed by atoms with Crippen molar-refractivity contribution in [3.8, 4) is 0 Å². The summed E-state index contributed by atoms with van der Waals surface area (Å²) >= 11 is 0. The monoisotopic (exact) mass is 295 g/mol. The molecule has 2 N–H and O–H groups in total. The molecule has 0 aliphatic carbocycles. The molecule has 1 unspecified atom stereocenters. The second kappa shape index (κ2) is 7.51. The molecule has 1 fully saturated rings. The molecule has 0 spiro atoms. The fourth-order valence-corrected chi connectivity index (χ4v) is 2.51. The molecule has 1 saturated heterocycles. The maximum Gasteiger partial charge on any atom is 0.273 e. The lowest BCUT2D eigenvalue weighted by atomic mass is 10.1. The molecule has 1 amide bonds. The van der Waals surface area contributed by atoms with Gasteiger partial charge in [-0.05, 0) is 31.8 Å². The Hall–Kier alpha value is -1.47. The Balaban J connectivity index is 1.89. The van der Waals surface area contributed by atoms with Crippen LogP contribution in [0, 0.1) is 5.92 Å². The Labute approximate surface area is 125 Å². The van der Waals surface area contributed by atoms with E-state index in [0.717, 1.165) is 25.9 Å². The summed E-state index contributed by atoms with van der Waals surface area (Å²) in [5, 5.41) is 14.2. The second-order valence-electron chi connectivity index (χ2n) is 5.79. The lowest BCUT2D eigenvalue weighted by Crippen LogP contribution is -2.36. The van der Waals surface area contributed by atoms with Crippen LogP contribution in [0.15, 0.2) is 6.20 Å². The molecule has 1 aromatic rings. The van der Waals surface area contributed by atoms with Crippen molar-refractivity contribution in [2.75, 3.05) is 26.7 Å². The largest absolute Gasteiger partial charge is 0.379 e. The number of methoxy groups -OCH3 is 1. The van der Waals surface area contributed by atoms with Gasteiger partial charge in [-0.3, -0.25) is 4.79 Å². The van der Waals surface area contributed by atoms with Crippen LogP contribution in [0.4, 0.5) is 0 Å². The van der Waals surface area contributed by atoms with E-state index in [1.807, 2.05) is 4.68 Å². The van der Waals surface area contributed by atoms with Crippen molar-refractivity contribution in [1.82, 2.24) is 25.6 Å². The summed E-state index contributed by atoms with van der Waals surface area (Å²) in [5.41, 5.74) is 0.368. The first-order valence-electron chi connectivity index (χ1n) is 7.55.